The highest BCUT2D eigenvalue weighted by Crippen LogP contribution is 2.58. The van der Waals surface area contributed by atoms with Crippen LogP contribution in [-0.4, -0.2) is 38.1 Å². The van der Waals surface area contributed by atoms with E-state index < -0.39 is 0 Å². The first-order chi connectivity index (χ1) is 8.68. The van der Waals surface area contributed by atoms with Crippen molar-refractivity contribution in [2.75, 3.05) is 26.2 Å². The van der Waals surface area contributed by atoms with Gasteiger partial charge in [0.25, 0.3) is 0 Å². The third kappa shape index (κ3) is 4.08. The predicted molar refractivity (Wildman–Crippen MR) is 74.2 cm³/mol. The topological polar surface area (TPSA) is 67.4 Å². The fourth-order valence-corrected chi connectivity index (χ4v) is 2.84. The summed E-state index contributed by atoms with van der Waals surface area (Å²) in [7, 11) is 0. The van der Waals surface area contributed by atoms with E-state index >= 15 is 0 Å². The van der Waals surface area contributed by atoms with Crippen LogP contribution in [0.2, 0.25) is 0 Å². The summed E-state index contributed by atoms with van der Waals surface area (Å²) >= 11 is 0. The van der Waals surface area contributed by atoms with Gasteiger partial charge in [-0.1, -0.05) is 0 Å². The number of carbonyl (C=O) groups is 2. The number of hydrogen-bond donors (Lipinski definition) is 2. The van der Waals surface area contributed by atoms with E-state index in [2.05, 4.69) is 10.6 Å². The normalized spacial score (nSPS) is 23.3. The molecule has 1 heterocycles. The second-order valence-electron chi connectivity index (χ2n) is 5.22. The molecule has 2 fully saturated rings. The van der Waals surface area contributed by atoms with Gasteiger partial charge in [-0.05, 0) is 44.7 Å². The van der Waals surface area contributed by atoms with Crippen LogP contribution in [-0.2, 0) is 14.3 Å². The number of amides is 1. The number of ether oxygens (including phenoxy) is 1. The molecule has 0 radical (unpaired) electrons. The number of nitrogens with one attached hydrogen (secondary N) is 2. The van der Waals surface area contributed by atoms with E-state index in [1.54, 1.807) is 6.92 Å². The lowest BCUT2D eigenvalue weighted by atomic mass is 9.92. The number of carbonyl (C=O) groups excluding carboxylic acids is 2. The lowest BCUT2D eigenvalue weighted by molar-refractivity contribution is -0.143. The maximum Gasteiger partial charge on any atom is 0.307 e. The molecule has 5 nitrogen and oxygen atoms in total. The lowest BCUT2D eigenvalue weighted by Crippen LogP contribution is -2.34. The van der Waals surface area contributed by atoms with Crippen molar-refractivity contribution in [3.05, 3.63) is 0 Å². The summed E-state index contributed by atoms with van der Waals surface area (Å²) in [5.41, 5.74) is 0.263. The van der Waals surface area contributed by atoms with Crippen molar-refractivity contribution in [2.24, 2.45) is 11.3 Å². The van der Waals surface area contributed by atoms with Crippen molar-refractivity contribution < 1.29 is 14.3 Å². The molecular formula is C13H23ClN2O3. The van der Waals surface area contributed by atoms with Gasteiger partial charge >= 0.3 is 5.97 Å². The van der Waals surface area contributed by atoms with Crippen molar-refractivity contribution in [2.45, 2.75) is 32.6 Å². The molecule has 1 saturated heterocycles. The Balaban J connectivity index is 0.00000180. The molecule has 0 aromatic carbocycles. The largest absolute Gasteiger partial charge is 0.466 e. The number of rotatable bonds is 5. The fraction of sp³-hybridized carbons (Fsp3) is 0.846. The number of piperidine rings is 1. The first-order valence-electron chi connectivity index (χ1n) is 6.82. The maximum absolute atomic E-state index is 11.9. The third-order valence-electron chi connectivity index (χ3n) is 4.04. The summed E-state index contributed by atoms with van der Waals surface area (Å²) in [6, 6.07) is 0. The van der Waals surface area contributed by atoms with Gasteiger partial charge in [0.2, 0.25) is 5.91 Å². The molecule has 2 rings (SSSR count). The van der Waals surface area contributed by atoms with Gasteiger partial charge in [0.05, 0.1) is 13.0 Å². The molecule has 0 aromatic heterocycles. The predicted octanol–water partition coefficient (Wildman–Crippen LogP) is 0.867. The molecule has 1 amide bonds. The SMILES string of the molecule is CCOC(=O)CCNC(=O)C1CC12CCNCC2.Cl. The molecule has 1 spiro atoms. The van der Waals surface area contributed by atoms with Gasteiger partial charge in [-0.15, -0.1) is 12.4 Å². The smallest absolute Gasteiger partial charge is 0.307 e. The molecule has 1 atom stereocenters. The van der Waals surface area contributed by atoms with Gasteiger partial charge in [-0.3, -0.25) is 9.59 Å². The van der Waals surface area contributed by atoms with Crippen LogP contribution >= 0.6 is 12.4 Å². The highest BCUT2D eigenvalue weighted by molar-refractivity contribution is 5.85. The van der Waals surface area contributed by atoms with E-state index in [1.165, 1.54) is 0 Å². The van der Waals surface area contributed by atoms with Gasteiger partial charge in [-0.2, -0.15) is 0 Å². The number of halogens is 1. The molecule has 1 saturated carbocycles. The minimum absolute atomic E-state index is 0. The van der Waals surface area contributed by atoms with Gasteiger partial charge in [-0.25, -0.2) is 0 Å². The molecule has 0 aromatic rings. The zero-order valence-electron chi connectivity index (χ0n) is 11.4. The lowest BCUT2D eigenvalue weighted by Gasteiger charge is -2.23. The van der Waals surface area contributed by atoms with Gasteiger partial charge in [0.1, 0.15) is 0 Å². The van der Waals surface area contributed by atoms with E-state index in [9.17, 15) is 9.59 Å². The average Bonchev–Trinajstić information content (AvgIpc) is 3.04. The Labute approximate surface area is 120 Å². The molecule has 1 aliphatic carbocycles. The maximum atomic E-state index is 11.9. The Morgan fingerprint density at radius 2 is 2.05 bits per heavy atom. The summed E-state index contributed by atoms with van der Waals surface area (Å²) < 4.78 is 4.81. The summed E-state index contributed by atoms with van der Waals surface area (Å²) in [6.45, 7) is 4.61. The fourth-order valence-electron chi connectivity index (χ4n) is 2.84. The van der Waals surface area contributed by atoms with E-state index in [0.29, 0.717) is 13.2 Å². The number of hydrogen-bond acceptors (Lipinski definition) is 4. The minimum Gasteiger partial charge on any atom is -0.466 e. The average molecular weight is 291 g/mol. The van der Waals surface area contributed by atoms with Crippen LogP contribution in [0.25, 0.3) is 0 Å². The van der Waals surface area contributed by atoms with Crippen LogP contribution in [0.3, 0.4) is 0 Å². The molecule has 19 heavy (non-hydrogen) atoms. The highest BCUT2D eigenvalue weighted by Gasteiger charge is 2.57. The highest BCUT2D eigenvalue weighted by atomic mass is 35.5. The van der Waals surface area contributed by atoms with Crippen LogP contribution < -0.4 is 10.6 Å². The summed E-state index contributed by atoms with van der Waals surface area (Å²) in [6.07, 6.45) is 3.48. The van der Waals surface area contributed by atoms with Gasteiger partial charge < -0.3 is 15.4 Å². The van der Waals surface area contributed by atoms with Crippen molar-refractivity contribution in [3.63, 3.8) is 0 Å². The number of esters is 1. The summed E-state index contributed by atoms with van der Waals surface area (Å²) in [5.74, 6) is 0.0353. The quantitative estimate of drug-likeness (QED) is 0.737. The van der Waals surface area contributed by atoms with Crippen molar-refractivity contribution in [3.8, 4) is 0 Å². The van der Waals surface area contributed by atoms with E-state index in [1.807, 2.05) is 0 Å². The van der Waals surface area contributed by atoms with Crippen molar-refractivity contribution in [1.29, 1.82) is 0 Å². The molecule has 1 unspecified atom stereocenters. The molecule has 6 heteroatoms. The molecule has 2 aliphatic rings. The van der Waals surface area contributed by atoms with E-state index in [0.717, 1.165) is 32.4 Å². The van der Waals surface area contributed by atoms with Crippen LogP contribution in [0, 0.1) is 11.3 Å². The minimum atomic E-state index is -0.245. The van der Waals surface area contributed by atoms with E-state index in [4.69, 9.17) is 4.74 Å². The van der Waals surface area contributed by atoms with Crippen molar-refractivity contribution >= 4 is 24.3 Å². The molecule has 1 aliphatic heterocycles. The van der Waals surface area contributed by atoms with Crippen LogP contribution in [0.5, 0.6) is 0 Å². The van der Waals surface area contributed by atoms with Crippen LogP contribution in [0.4, 0.5) is 0 Å². The Morgan fingerprint density at radius 3 is 2.68 bits per heavy atom. The zero-order chi connectivity index (χ0) is 13.0. The van der Waals surface area contributed by atoms with Crippen LogP contribution in [0.15, 0.2) is 0 Å². The Kier molecular flexibility index (Phi) is 6.07. The second-order valence-corrected chi connectivity index (χ2v) is 5.22. The Morgan fingerprint density at radius 1 is 1.37 bits per heavy atom. The van der Waals surface area contributed by atoms with E-state index in [-0.39, 0.29) is 42.0 Å². The first kappa shape index (κ1) is 16.2. The van der Waals surface area contributed by atoms with Crippen molar-refractivity contribution in [1.82, 2.24) is 10.6 Å². The van der Waals surface area contributed by atoms with Gasteiger partial charge in [0, 0.05) is 12.5 Å². The van der Waals surface area contributed by atoms with Gasteiger partial charge in [0.15, 0.2) is 0 Å². The first-order valence-corrected chi connectivity index (χ1v) is 6.82. The molecule has 2 N–H and O–H groups in total. The second kappa shape index (κ2) is 7.10. The summed E-state index contributed by atoms with van der Waals surface area (Å²) in [4.78, 5) is 23.1. The summed E-state index contributed by atoms with van der Waals surface area (Å²) in [5, 5.41) is 6.16. The standard InChI is InChI=1S/C13H22N2O3.ClH/c1-2-18-11(16)3-6-15-12(17)10-9-13(10)4-7-14-8-5-13;/h10,14H,2-9H2,1H3,(H,15,17);1H. The molecular weight excluding hydrogens is 268 g/mol. The monoisotopic (exact) mass is 290 g/mol. The Bertz CT molecular complexity index is 330. The molecule has 110 valence electrons. The molecule has 0 bridgehead atoms. The third-order valence-corrected chi connectivity index (χ3v) is 4.04. The van der Waals surface area contributed by atoms with Crippen LogP contribution in [0.1, 0.15) is 32.6 Å². The zero-order valence-corrected chi connectivity index (χ0v) is 12.2. The Hall–Kier alpha value is -0.810.